The minimum atomic E-state index is -0.526. The molecule has 3 N–H and O–H groups in total. The predicted molar refractivity (Wildman–Crippen MR) is 79.9 cm³/mol. The lowest BCUT2D eigenvalue weighted by atomic mass is 10.1. The molecule has 0 bridgehead atoms. The van der Waals surface area contributed by atoms with Crippen LogP contribution in [0.1, 0.15) is 18.2 Å². The van der Waals surface area contributed by atoms with E-state index < -0.39 is 5.82 Å². The first kappa shape index (κ1) is 14.8. The quantitative estimate of drug-likeness (QED) is 0.383. The number of amidine groups is 1. The van der Waals surface area contributed by atoms with E-state index in [1.54, 1.807) is 18.3 Å². The predicted octanol–water partition coefficient (Wildman–Crippen LogP) is 2.34. The van der Waals surface area contributed by atoms with Gasteiger partial charge in [0.15, 0.2) is 5.84 Å². The maximum Gasteiger partial charge on any atom is 0.175 e. The number of hydrogen-bond acceptors (Lipinski definition) is 4. The van der Waals surface area contributed by atoms with E-state index in [0.717, 1.165) is 5.69 Å². The molecule has 2 rings (SSSR count). The summed E-state index contributed by atoms with van der Waals surface area (Å²) in [6, 6.07) is 10.2. The molecule has 1 heterocycles. The molecular weight excluding hydrogens is 271 g/mol. The van der Waals surface area contributed by atoms with Crippen LogP contribution in [0.25, 0.3) is 0 Å². The van der Waals surface area contributed by atoms with Gasteiger partial charge in [0, 0.05) is 12.7 Å². The van der Waals surface area contributed by atoms with Crippen molar-refractivity contribution in [2.45, 2.75) is 13.5 Å². The van der Waals surface area contributed by atoms with E-state index in [1.165, 1.54) is 6.07 Å². The van der Waals surface area contributed by atoms with E-state index in [9.17, 15) is 4.39 Å². The number of aromatic nitrogens is 1. The zero-order valence-electron chi connectivity index (χ0n) is 11.7. The van der Waals surface area contributed by atoms with Gasteiger partial charge in [-0.05, 0) is 31.2 Å². The van der Waals surface area contributed by atoms with Crippen LogP contribution in [0, 0.1) is 5.82 Å². The van der Waals surface area contributed by atoms with Crippen LogP contribution in [0.2, 0.25) is 0 Å². The Morgan fingerprint density at radius 2 is 2.14 bits per heavy atom. The minimum absolute atomic E-state index is 0.0952. The maximum atomic E-state index is 14.0. The molecule has 0 amide bonds. The first-order valence-corrected chi connectivity index (χ1v) is 6.58. The van der Waals surface area contributed by atoms with Gasteiger partial charge in [-0.1, -0.05) is 17.3 Å². The Bertz CT molecular complexity index is 631. The van der Waals surface area contributed by atoms with Crippen molar-refractivity contribution in [2.24, 2.45) is 10.9 Å². The molecule has 110 valence electrons. The third-order valence-electron chi connectivity index (χ3n) is 3.16. The van der Waals surface area contributed by atoms with Crippen LogP contribution in [0.4, 0.5) is 10.1 Å². The Morgan fingerprint density at radius 1 is 1.33 bits per heavy atom. The minimum Gasteiger partial charge on any atom is -0.409 e. The van der Waals surface area contributed by atoms with Crippen molar-refractivity contribution in [3.63, 3.8) is 0 Å². The second-order valence-corrected chi connectivity index (χ2v) is 4.45. The van der Waals surface area contributed by atoms with Gasteiger partial charge >= 0.3 is 0 Å². The summed E-state index contributed by atoms with van der Waals surface area (Å²) in [4.78, 5) is 6.18. The zero-order valence-corrected chi connectivity index (χ0v) is 11.7. The molecule has 0 atom stereocenters. The number of pyridine rings is 1. The molecule has 0 aliphatic carbocycles. The second kappa shape index (κ2) is 6.69. The summed E-state index contributed by atoms with van der Waals surface area (Å²) in [6.45, 7) is 3.09. The van der Waals surface area contributed by atoms with Crippen molar-refractivity contribution < 1.29 is 9.60 Å². The topological polar surface area (TPSA) is 74.7 Å². The molecule has 1 aromatic carbocycles. The molecule has 0 saturated carbocycles. The molecule has 0 saturated heterocycles. The van der Waals surface area contributed by atoms with Gasteiger partial charge in [0.05, 0.1) is 23.5 Å². The van der Waals surface area contributed by atoms with Crippen molar-refractivity contribution in [3.05, 3.63) is 59.7 Å². The maximum absolute atomic E-state index is 14.0. The van der Waals surface area contributed by atoms with Gasteiger partial charge in [-0.2, -0.15) is 0 Å². The van der Waals surface area contributed by atoms with Gasteiger partial charge in [-0.25, -0.2) is 4.39 Å². The van der Waals surface area contributed by atoms with Gasteiger partial charge < -0.3 is 15.8 Å². The second-order valence-electron chi connectivity index (χ2n) is 4.45. The number of halogens is 1. The highest BCUT2D eigenvalue weighted by Gasteiger charge is 2.17. The number of benzene rings is 1. The molecule has 0 radical (unpaired) electrons. The average Bonchev–Trinajstić information content (AvgIpc) is 2.52. The molecule has 5 nitrogen and oxygen atoms in total. The largest absolute Gasteiger partial charge is 0.409 e. The van der Waals surface area contributed by atoms with Crippen LogP contribution in [0.3, 0.4) is 0 Å². The highest BCUT2D eigenvalue weighted by atomic mass is 19.1. The fourth-order valence-electron chi connectivity index (χ4n) is 2.13. The van der Waals surface area contributed by atoms with E-state index in [0.29, 0.717) is 18.8 Å². The molecule has 6 heteroatoms. The van der Waals surface area contributed by atoms with Gasteiger partial charge in [-0.15, -0.1) is 0 Å². The van der Waals surface area contributed by atoms with E-state index in [1.807, 2.05) is 30.0 Å². The van der Waals surface area contributed by atoms with E-state index >= 15 is 0 Å². The lowest BCUT2D eigenvalue weighted by Crippen LogP contribution is -2.27. The molecule has 0 aliphatic heterocycles. The summed E-state index contributed by atoms with van der Waals surface area (Å²) in [5, 5.41) is 11.8. The standard InChI is InChI=1S/C15H17FN4O/c1-2-20(10-11-6-3-4-9-18-11)13-8-5-7-12(16)14(13)15(17)19-21/h3-9,21H,2,10H2,1H3,(H2,17,19). The number of hydrogen-bond donors (Lipinski definition) is 2. The molecule has 0 spiro atoms. The van der Waals surface area contributed by atoms with Crippen LogP contribution < -0.4 is 10.6 Å². The van der Waals surface area contributed by atoms with Crippen LogP contribution >= 0.6 is 0 Å². The summed E-state index contributed by atoms with van der Waals surface area (Å²) in [7, 11) is 0. The molecule has 1 aromatic heterocycles. The van der Waals surface area contributed by atoms with Gasteiger partial charge in [0.2, 0.25) is 0 Å². The third kappa shape index (κ3) is 3.28. The summed E-state index contributed by atoms with van der Waals surface area (Å²) in [5.74, 6) is -0.773. The fourth-order valence-corrected chi connectivity index (χ4v) is 2.13. The Balaban J connectivity index is 2.41. The van der Waals surface area contributed by atoms with Crippen molar-refractivity contribution in [1.82, 2.24) is 4.98 Å². The smallest absolute Gasteiger partial charge is 0.175 e. The lowest BCUT2D eigenvalue weighted by molar-refractivity contribution is 0.318. The Labute approximate surface area is 122 Å². The third-order valence-corrected chi connectivity index (χ3v) is 3.16. The van der Waals surface area contributed by atoms with Crippen LogP contribution in [-0.4, -0.2) is 22.6 Å². The van der Waals surface area contributed by atoms with E-state index in [4.69, 9.17) is 10.9 Å². The SMILES string of the molecule is CCN(Cc1ccccn1)c1cccc(F)c1/C(N)=N/O. The number of rotatable bonds is 5. The summed E-state index contributed by atoms with van der Waals surface area (Å²) in [6.07, 6.45) is 1.71. The number of anilines is 1. The molecule has 2 aromatic rings. The van der Waals surface area contributed by atoms with Gasteiger partial charge in [0.1, 0.15) is 5.82 Å². The highest BCUT2D eigenvalue weighted by Crippen LogP contribution is 2.24. The Kier molecular flexibility index (Phi) is 4.71. The fraction of sp³-hybridized carbons (Fsp3) is 0.200. The normalized spacial score (nSPS) is 11.4. The van der Waals surface area contributed by atoms with Crippen LogP contribution in [0.15, 0.2) is 47.8 Å². The monoisotopic (exact) mass is 288 g/mol. The van der Waals surface area contributed by atoms with Crippen LogP contribution in [-0.2, 0) is 6.54 Å². The number of oxime groups is 1. The van der Waals surface area contributed by atoms with Crippen molar-refractivity contribution in [2.75, 3.05) is 11.4 Å². The van der Waals surface area contributed by atoms with E-state index in [-0.39, 0.29) is 11.4 Å². The molecule has 0 fully saturated rings. The Morgan fingerprint density at radius 3 is 2.76 bits per heavy atom. The van der Waals surface area contributed by atoms with E-state index in [2.05, 4.69) is 10.1 Å². The van der Waals surface area contributed by atoms with Crippen molar-refractivity contribution in [3.8, 4) is 0 Å². The first-order valence-electron chi connectivity index (χ1n) is 6.58. The summed E-state index contributed by atoms with van der Waals surface area (Å²) in [5.41, 5.74) is 7.12. The number of nitrogens with zero attached hydrogens (tertiary/aromatic N) is 3. The van der Waals surface area contributed by atoms with Crippen molar-refractivity contribution in [1.29, 1.82) is 0 Å². The zero-order chi connectivity index (χ0) is 15.2. The lowest BCUT2D eigenvalue weighted by Gasteiger charge is -2.25. The van der Waals surface area contributed by atoms with Crippen LogP contribution in [0.5, 0.6) is 0 Å². The summed E-state index contributed by atoms with van der Waals surface area (Å²) >= 11 is 0. The molecule has 0 unspecified atom stereocenters. The van der Waals surface area contributed by atoms with Gasteiger partial charge in [-0.3, -0.25) is 4.98 Å². The first-order chi connectivity index (χ1) is 10.2. The molecule has 0 aliphatic rings. The summed E-state index contributed by atoms with van der Waals surface area (Å²) < 4.78 is 14.0. The van der Waals surface area contributed by atoms with Crippen molar-refractivity contribution >= 4 is 11.5 Å². The number of nitrogens with two attached hydrogens (primary N) is 1. The molecule has 21 heavy (non-hydrogen) atoms. The average molecular weight is 288 g/mol. The van der Waals surface area contributed by atoms with Gasteiger partial charge in [0.25, 0.3) is 0 Å². The highest BCUT2D eigenvalue weighted by molar-refractivity contribution is 6.02. The Hall–Kier alpha value is -2.63. The molecular formula is C15H17FN4O.